The summed E-state index contributed by atoms with van der Waals surface area (Å²) >= 11 is 0. The fourth-order valence-corrected chi connectivity index (χ4v) is 4.76. The van der Waals surface area contributed by atoms with Gasteiger partial charge in [-0.05, 0) is 47.4 Å². The summed E-state index contributed by atoms with van der Waals surface area (Å²) in [7, 11) is 5.52. The van der Waals surface area contributed by atoms with Crippen LogP contribution in [0.1, 0.15) is 35.5 Å². The van der Waals surface area contributed by atoms with E-state index in [1.165, 1.54) is 16.8 Å². The first-order valence-electron chi connectivity index (χ1n) is 11.9. The molecule has 0 spiro atoms. The summed E-state index contributed by atoms with van der Waals surface area (Å²) in [6.45, 7) is 4.41. The summed E-state index contributed by atoms with van der Waals surface area (Å²) in [5.41, 5.74) is 2.90. The smallest absolute Gasteiger partial charge is 0.255 e. The van der Waals surface area contributed by atoms with Gasteiger partial charge in [0.15, 0.2) is 5.82 Å². The van der Waals surface area contributed by atoms with E-state index in [1.54, 1.807) is 48.6 Å². The fourth-order valence-electron chi connectivity index (χ4n) is 4.76. The van der Waals surface area contributed by atoms with Crippen LogP contribution in [-0.2, 0) is 18.9 Å². The number of hydrogen-bond donors (Lipinski definition) is 0. The Balaban J connectivity index is 1.60. The maximum Gasteiger partial charge on any atom is 0.255 e. The Kier molecular flexibility index (Phi) is 5.85. The molecule has 182 valence electrons. The highest BCUT2D eigenvalue weighted by atomic mass is 19.1. The number of nitrogens with zero attached hydrogens (tertiary/aromatic N) is 4. The number of rotatable bonds is 6. The average Bonchev–Trinajstić information content (AvgIpc) is 3.31. The third-order valence-electron chi connectivity index (χ3n) is 6.63. The lowest BCUT2D eigenvalue weighted by molar-refractivity contribution is 0.0727. The number of carbonyl (C=O) groups is 1. The van der Waals surface area contributed by atoms with Crippen molar-refractivity contribution in [2.45, 2.75) is 25.7 Å². The minimum Gasteiger partial charge on any atom is -0.493 e. The SMILES string of the molecule is BC1(B)c2ncccc2C(=O)N1Cc1c(F)cc(-c2ccc(F)c3nn(C)cc23)cc1OCC(C)C. The molecule has 0 radical (unpaired) electrons. The Bertz CT molecular complexity index is 1500. The molecule has 0 unspecified atom stereocenters. The highest BCUT2D eigenvalue weighted by molar-refractivity contribution is 6.42. The molecule has 3 heterocycles. The summed E-state index contributed by atoms with van der Waals surface area (Å²) in [6.07, 6.45) is 3.37. The predicted octanol–water partition coefficient (Wildman–Crippen LogP) is 2.98. The molecule has 4 aromatic rings. The number of carbonyl (C=O) groups excluding carboxylic acids is 1. The van der Waals surface area contributed by atoms with Crippen LogP contribution in [0.15, 0.2) is 48.8 Å². The van der Waals surface area contributed by atoms with Crippen LogP contribution in [0, 0.1) is 17.6 Å². The number of fused-ring (bicyclic) bond motifs is 2. The van der Waals surface area contributed by atoms with Gasteiger partial charge in [0.05, 0.1) is 24.4 Å². The van der Waals surface area contributed by atoms with Gasteiger partial charge in [0.25, 0.3) is 5.91 Å². The standard InChI is InChI=1S/C26H26B2F2N4O2/c1-14(2)13-36-22-10-15(16-6-7-20(29)23-18(16)11-33(3)32-23)9-21(30)19(22)12-34-25(35)17-5-4-8-31-24(17)26(34,27)28/h4-11,14H,12-13,27-28H2,1-3H3. The fraction of sp³-hybridized carbons (Fsp3) is 0.269. The van der Waals surface area contributed by atoms with E-state index in [1.807, 2.05) is 29.5 Å². The minimum absolute atomic E-state index is 0.0213. The number of benzene rings is 2. The van der Waals surface area contributed by atoms with Crippen molar-refractivity contribution in [3.8, 4) is 16.9 Å². The molecule has 36 heavy (non-hydrogen) atoms. The van der Waals surface area contributed by atoms with Gasteiger partial charge in [-0.25, -0.2) is 8.78 Å². The third kappa shape index (κ3) is 3.94. The van der Waals surface area contributed by atoms with Crippen molar-refractivity contribution in [2.75, 3.05) is 6.61 Å². The molecular weight excluding hydrogens is 460 g/mol. The average molecular weight is 486 g/mol. The van der Waals surface area contributed by atoms with E-state index in [0.717, 1.165) is 0 Å². The van der Waals surface area contributed by atoms with E-state index < -0.39 is 17.0 Å². The Morgan fingerprint density at radius 2 is 1.89 bits per heavy atom. The van der Waals surface area contributed by atoms with Gasteiger partial charge >= 0.3 is 0 Å². The number of aromatic nitrogens is 3. The van der Waals surface area contributed by atoms with Gasteiger partial charge in [-0.2, -0.15) is 5.10 Å². The summed E-state index contributed by atoms with van der Waals surface area (Å²) in [6, 6.07) is 9.60. The van der Waals surface area contributed by atoms with Gasteiger partial charge in [-0.1, -0.05) is 19.9 Å². The number of aryl methyl sites for hydroxylation is 1. The van der Waals surface area contributed by atoms with E-state index in [2.05, 4.69) is 10.1 Å². The van der Waals surface area contributed by atoms with E-state index in [-0.39, 0.29) is 29.4 Å². The molecule has 1 aliphatic rings. The molecule has 1 aliphatic heterocycles. The molecule has 10 heteroatoms. The van der Waals surface area contributed by atoms with Crippen molar-refractivity contribution in [1.82, 2.24) is 19.7 Å². The molecule has 0 fully saturated rings. The van der Waals surface area contributed by atoms with Crippen LogP contribution in [0.4, 0.5) is 8.78 Å². The Morgan fingerprint density at radius 3 is 2.61 bits per heavy atom. The lowest BCUT2D eigenvalue weighted by atomic mass is 9.59. The molecule has 6 nitrogen and oxygen atoms in total. The topological polar surface area (TPSA) is 60.2 Å². The van der Waals surface area contributed by atoms with Gasteiger partial charge in [0.1, 0.15) is 32.8 Å². The van der Waals surface area contributed by atoms with Crippen molar-refractivity contribution in [2.24, 2.45) is 13.0 Å². The minimum atomic E-state index is -0.715. The zero-order valence-corrected chi connectivity index (χ0v) is 21.0. The second-order valence-corrected chi connectivity index (χ2v) is 10.1. The molecule has 0 N–H and O–H groups in total. The zero-order chi connectivity index (χ0) is 25.8. The van der Waals surface area contributed by atoms with Gasteiger partial charge in [0, 0.05) is 35.7 Å². The maximum atomic E-state index is 15.8. The molecule has 0 atom stereocenters. The quantitative estimate of drug-likeness (QED) is 0.394. The molecule has 0 bridgehead atoms. The molecule has 0 saturated carbocycles. The van der Waals surface area contributed by atoms with Gasteiger partial charge < -0.3 is 9.64 Å². The first kappa shape index (κ1) is 24.0. The van der Waals surface area contributed by atoms with Crippen LogP contribution in [0.5, 0.6) is 5.75 Å². The number of amides is 1. The number of halogens is 2. The molecule has 1 amide bonds. The molecule has 2 aromatic heterocycles. The summed E-state index contributed by atoms with van der Waals surface area (Å²) in [4.78, 5) is 19.3. The summed E-state index contributed by atoms with van der Waals surface area (Å²) in [5.74, 6) is -0.575. The van der Waals surface area contributed by atoms with Crippen molar-refractivity contribution >= 4 is 32.5 Å². The Morgan fingerprint density at radius 1 is 1.11 bits per heavy atom. The number of ether oxygens (including phenoxy) is 1. The molecular formula is C26H26B2F2N4O2. The van der Waals surface area contributed by atoms with Crippen molar-refractivity contribution in [3.05, 3.63) is 77.2 Å². The van der Waals surface area contributed by atoms with Crippen LogP contribution in [0.25, 0.3) is 22.0 Å². The monoisotopic (exact) mass is 486 g/mol. The number of hydrogen-bond acceptors (Lipinski definition) is 4. The summed E-state index contributed by atoms with van der Waals surface area (Å²) in [5, 5.41) is 4.06. The Labute approximate surface area is 210 Å². The van der Waals surface area contributed by atoms with Crippen molar-refractivity contribution < 1.29 is 18.3 Å². The largest absolute Gasteiger partial charge is 0.493 e. The first-order chi connectivity index (χ1) is 17.1. The molecule has 0 saturated heterocycles. The van der Waals surface area contributed by atoms with Gasteiger partial charge in [0.2, 0.25) is 0 Å². The second kappa shape index (κ2) is 8.76. The molecule has 0 aliphatic carbocycles. The van der Waals surface area contributed by atoms with Crippen molar-refractivity contribution in [1.29, 1.82) is 0 Å². The van der Waals surface area contributed by atoms with Gasteiger partial charge in [-0.15, -0.1) is 0 Å². The highest BCUT2D eigenvalue weighted by Crippen LogP contribution is 2.39. The van der Waals surface area contributed by atoms with Crippen LogP contribution < -0.4 is 4.74 Å². The lowest BCUT2D eigenvalue weighted by Gasteiger charge is -2.33. The maximum absolute atomic E-state index is 15.8. The number of pyridine rings is 1. The summed E-state index contributed by atoms with van der Waals surface area (Å²) < 4.78 is 37.8. The third-order valence-corrected chi connectivity index (χ3v) is 6.63. The zero-order valence-electron chi connectivity index (χ0n) is 21.0. The predicted molar refractivity (Wildman–Crippen MR) is 139 cm³/mol. The van der Waals surface area contributed by atoms with E-state index in [4.69, 9.17) is 4.74 Å². The van der Waals surface area contributed by atoms with Gasteiger partial charge in [-0.3, -0.25) is 14.5 Å². The molecule has 2 aromatic carbocycles. The van der Waals surface area contributed by atoms with Crippen LogP contribution >= 0.6 is 0 Å². The highest BCUT2D eigenvalue weighted by Gasteiger charge is 2.44. The Hall–Kier alpha value is -3.68. The van der Waals surface area contributed by atoms with E-state index >= 15 is 4.39 Å². The van der Waals surface area contributed by atoms with E-state index in [0.29, 0.717) is 40.1 Å². The van der Waals surface area contributed by atoms with Crippen LogP contribution in [0.2, 0.25) is 0 Å². The van der Waals surface area contributed by atoms with Crippen molar-refractivity contribution in [3.63, 3.8) is 0 Å². The van der Waals surface area contributed by atoms with Crippen LogP contribution in [0.3, 0.4) is 0 Å². The molecule has 5 rings (SSSR count). The van der Waals surface area contributed by atoms with Crippen LogP contribution in [-0.4, -0.2) is 47.9 Å². The lowest BCUT2D eigenvalue weighted by Crippen LogP contribution is -2.45. The second-order valence-electron chi connectivity index (χ2n) is 10.1. The first-order valence-corrected chi connectivity index (χ1v) is 11.9. The van der Waals surface area contributed by atoms with E-state index in [9.17, 15) is 9.18 Å². The normalized spacial score (nSPS) is 14.6.